The summed E-state index contributed by atoms with van der Waals surface area (Å²) < 4.78 is 28.6. The van der Waals surface area contributed by atoms with Crippen LogP contribution in [0.25, 0.3) is 0 Å². The molecule has 1 saturated heterocycles. The highest BCUT2D eigenvalue weighted by Gasteiger charge is 2.28. The first-order valence-corrected chi connectivity index (χ1v) is 11.1. The van der Waals surface area contributed by atoms with Gasteiger partial charge >= 0.3 is 0 Å². The lowest BCUT2D eigenvalue weighted by molar-refractivity contribution is -0.113. The number of nitrogens with one attached hydrogen (secondary N) is 1. The number of aromatic nitrogens is 4. The van der Waals surface area contributed by atoms with Gasteiger partial charge in [0, 0.05) is 25.8 Å². The minimum atomic E-state index is -3.69. The monoisotopic (exact) mass is 430 g/mol. The van der Waals surface area contributed by atoms with Gasteiger partial charge in [0.15, 0.2) is 0 Å². The van der Waals surface area contributed by atoms with Crippen molar-refractivity contribution in [1.82, 2.24) is 24.5 Å². The number of nitrogens with zero attached hydrogens (tertiary/aromatic N) is 5. The lowest BCUT2D eigenvalue weighted by Gasteiger charge is -2.26. The highest BCUT2D eigenvalue weighted by atomic mass is 35.5. The van der Waals surface area contributed by atoms with Crippen molar-refractivity contribution in [3.05, 3.63) is 23.2 Å². The van der Waals surface area contributed by atoms with Gasteiger partial charge in [-0.05, 0) is 41.5 Å². The summed E-state index contributed by atoms with van der Waals surface area (Å²) in [7, 11) is -2.01. The molecule has 27 heavy (non-hydrogen) atoms. The van der Waals surface area contributed by atoms with Gasteiger partial charge in [-0.25, -0.2) is 13.1 Å². The molecule has 2 aromatic rings. The molecular formula is C15H19ClN6O3S2. The minimum absolute atomic E-state index is 0.00835. The van der Waals surface area contributed by atoms with E-state index in [9.17, 15) is 13.2 Å². The lowest BCUT2D eigenvalue weighted by atomic mass is 10.2. The summed E-state index contributed by atoms with van der Waals surface area (Å²) in [5, 5.41) is 14.3. The van der Waals surface area contributed by atoms with Gasteiger partial charge in [-0.2, -0.15) is 4.31 Å². The Morgan fingerprint density at radius 3 is 2.70 bits per heavy atom. The number of rotatable bonds is 6. The molecule has 0 bridgehead atoms. The molecule has 3 rings (SSSR count). The predicted molar refractivity (Wildman–Crippen MR) is 102 cm³/mol. The van der Waals surface area contributed by atoms with Crippen LogP contribution < -0.4 is 5.32 Å². The van der Waals surface area contributed by atoms with Gasteiger partial charge in [-0.15, -0.1) is 5.10 Å². The number of amides is 1. The van der Waals surface area contributed by atoms with Gasteiger partial charge in [-0.1, -0.05) is 29.8 Å². The van der Waals surface area contributed by atoms with E-state index in [1.165, 1.54) is 32.9 Å². The van der Waals surface area contributed by atoms with Crippen LogP contribution in [-0.2, 0) is 21.9 Å². The summed E-state index contributed by atoms with van der Waals surface area (Å²) in [5.41, 5.74) is 0.372. The number of hydrogen-bond acceptors (Lipinski definition) is 7. The highest BCUT2D eigenvalue weighted by Crippen LogP contribution is 2.29. The molecule has 1 aromatic carbocycles. The zero-order chi connectivity index (χ0) is 19.4. The van der Waals surface area contributed by atoms with Crippen molar-refractivity contribution in [2.24, 2.45) is 7.05 Å². The van der Waals surface area contributed by atoms with Gasteiger partial charge in [0.2, 0.25) is 21.1 Å². The molecular weight excluding hydrogens is 412 g/mol. The van der Waals surface area contributed by atoms with Crippen molar-refractivity contribution in [3.8, 4) is 0 Å². The molecule has 2 heterocycles. The molecule has 0 radical (unpaired) electrons. The molecule has 0 atom stereocenters. The maximum absolute atomic E-state index is 12.9. The Hall–Kier alpha value is -1.69. The Bertz CT molecular complexity index is 927. The summed E-state index contributed by atoms with van der Waals surface area (Å²) in [6, 6.07) is 4.45. The van der Waals surface area contributed by atoms with Crippen LogP contribution in [0.4, 0.5) is 5.69 Å². The van der Waals surface area contributed by atoms with Gasteiger partial charge in [0.25, 0.3) is 0 Å². The number of carbonyl (C=O) groups excluding carboxylic acids is 1. The van der Waals surface area contributed by atoms with E-state index in [1.54, 1.807) is 13.1 Å². The number of tetrazole rings is 1. The summed E-state index contributed by atoms with van der Waals surface area (Å²) in [5.74, 6) is -0.211. The normalized spacial score (nSPS) is 15.6. The van der Waals surface area contributed by atoms with Gasteiger partial charge in [0.05, 0.1) is 10.8 Å². The van der Waals surface area contributed by atoms with Crippen molar-refractivity contribution in [2.75, 3.05) is 24.2 Å². The van der Waals surface area contributed by atoms with E-state index >= 15 is 0 Å². The Labute approximate surface area is 166 Å². The van der Waals surface area contributed by atoms with E-state index in [-0.39, 0.29) is 21.6 Å². The standard InChI is InChI=1S/C15H19ClN6O3S2/c1-21-15(18-19-20-21)26-10-14(23)17-11-5-6-12(16)13(9-11)27(24,25)22-7-3-2-4-8-22/h5-6,9H,2-4,7-8,10H2,1H3,(H,17,23). The van der Waals surface area contributed by atoms with Crippen LogP contribution in [-0.4, -0.2) is 57.7 Å². The number of thioether (sulfide) groups is 1. The third-order valence-corrected chi connectivity index (χ3v) is 7.45. The van der Waals surface area contributed by atoms with E-state index in [0.29, 0.717) is 23.9 Å². The molecule has 12 heteroatoms. The van der Waals surface area contributed by atoms with E-state index in [4.69, 9.17) is 11.6 Å². The third-order valence-electron chi connectivity index (χ3n) is 4.06. The fourth-order valence-corrected chi connectivity index (χ4v) is 5.36. The van der Waals surface area contributed by atoms with Crippen LogP contribution in [0.15, 0.2) is 28.3 Å². The van der Waals surface area contributed by atoms with E-state index in [0.717, 1.165) is 19.3 Å². The van der Waals surface area contributed by atoms with Crippen LogP contribution in [0.2, 0.25) is 5.02 Å². The first-order valence-electron chi connectivity index (χ1n) is 8.32. The number of halogens is 1. The predicted octanol–water partition coefficient (Wildman–Crippen LogP) is 1.77. The van der Waals surface area contributed by atoms with Gasteiger partial charge in [0.1, 0.15) is 4.90 Å². The smallest absolute Gasteiger partial charge is 0.244 e. The molecule has 1 aliphatic rings. The van der Waals surface area contributed by atoms with Crippen LogP contribution in [0.3, 0.4) is 0 Å². The molecule has 0 saturated carbocycles. The summed E-state index contributed by atoms with van der Waals surface area (Å²) in [6.45, 7) is 0.968. The molecule has 1 aromatic heterocycles. The molecule has 0 aliphatic carbocycles. The Morgan fingerprint density at radius 1 is 1.30 bits per heavy atom. The zero-order valence-electron chi connectivity index (χ0n) is 14.6. The molecule has 1 N–H and O–H groups in total. The first kappa shape index (κ1) is 20.1. The first-order chi connectivity index (χ1) is 12.9. The van der Waals surface area contributed by atoms with E-state index < -0.39 is 10.0 Å². The molecule has 0 spiro atoms. The molecule has 1 amide bonds. The molecule has 9 nitrogen and oxygen atoms in total. The highest BCUT2D eigenvalue weighted by molar-refractivity contribution is 7.99. The number of sulfonamides is 1. The average Bonchev–Trinajstić information content (AvgIpc) is 3.07. The van der Waals surface area contributed by atoms with E-state index in [1.807, 2.05) is 0 Å². The van der Waals surface area contributed by atoms with Crippen molar-refractivity contribution in [3.63, 3.8) is 0 Å². The number of benzene rings is 1. The topological polar surface area (TPSA) is 110 Å². The van der Waals surface area contributed by atoms with Gasteiger partial charge in [-0.3, -0.25) is 4.79 Å². The summed E-state index contributed by atoms with van der Waals surface area (Å²) in [6.07, 6.45) is 2.69. The fourth-order valence-electron chi connectivity index (χ4n) is 2.69. The van der Waals surface area contributed by atoms with Crippen LogP contribution in [0.5, 0.6) is 0 Å². The summed E-state index contributed by atoms with van der Waals surface area (Å²) >= 11 is 7.31. The van der Waals surface area contributed by atoms with Crippen molar-refractivity contribution in [2.45, 2.75) is 29.3 Å². The molecule has 1 aliphatic heterocycles. The number of carbonyl (C=O) groups is 1. The maximum Gasteiger partial charge on any atom is 0.244 e. The second kappa shape index (κ2) is 8.55. The van der Waals surface area contributed by atoms with Crippen molar-refractivity contribution < 1.29 is 13.2 Å². The van der Waals surface area contributed by atoms with Crippen LogP contribution in [0.1, 0.15) is 19.3 Å². The quantitative estimate of drug-likeness (QED) is 0.695. The van der Waals surface area contributed by atoms with Gasteiger partial charge < -0.3 is 5.32 Å². The number of aryl methyl sites for hydroxylation is 1. The molecule has 0 unspecified atom stereocenters. The largest absolute Gasteiger partial charge is 0.325 e. The number of hydrogen-bond donors (Lipinski definition) is 1. The Morgan fingerprint density at radius 2 is 2.04 bits per heavy atom. The average molecular weight is 431 g/mol. The Kier molecular flexibility index (Phi) is 6.35. The van der Waals surface area contributed by atoms with Crippen LogP contribution >= 0.6 is 23.4 Å². The molecule has 1 fully saturated rings. The SMILES string of the molecule is Cn1nnnc1SCC(=O)Nc1ccc(Cl)c(S(=O)(=O)N2CCCCC2)c1. The van der Waals surface area contributed by atoms with Crippen molar-refractivity contribution in [1.29, 1.82) is 0 Å². The summed E-state index contributed by atoms with van der Waals surface area (Å²) in [4.78, 5) is 12.2. The minimum Gasteiger partial charge on any atom is -0.325 e. The second-order valence-corrected chi connectivity index (χ2v) is 9.29. The molecule has 146 valence electrons. The van der Waals surface area contributed by atoms with E-state index in [2.05, 4.69) is 20.8 Å². The van der Waals surface area contributed by atoms with Crippen LogP contribution in [0, 0.1) is 0 Å². The third kappa shape index (κ3) is 4.78. The number of piperidine rings is 1. The second-order valence-electron chi connectivity index (χ2n) is 6.03. The maximum atomic E-state index is 12.9. The lowest BCUT2D eigenvalue weighted by Crippen LogP contribution is -2.35. The zero-order valence-corrected chi connectivity index (χ0v) is 17.0. The number of anilines is 1. The van der Waals surface area contributed by atoms with Crippen molar-refractivity contribution >= 4 is 45.0 Å². The fraction of sp³-hybridized carbons (Fsp3) is 0.467. The Balaban J connectivity index is 1.71.